The number of nitro benzene ring substituents is 1. The van der Waals surface area contributed by atoms with Crippen molar-refractivity contribution >= 4 is 44.5 Å². The number of para-hydroxylation sites is 1. The quantitative estimate of drug-likeness (QED) is 0.480. The summed E-state index contributed by atoms with van der Waals surface area (Å²) in [6.45, 7) is 0.438. The summed E-state index contributed by atoms with van der Waals surface area (Å²) in [5, 5.41) is 13.5. The van der Waals surface area contributed by atoms with Crippen molar-refractivity contribution in [2.45, 2.75) is 6.42 Å². The highest BCUT2D eigenvalue weighted by molar-refractivity contribution is 9.11. The van der Waals surface area contributed by atoms with Gasteiger partial charge in [-0.25, -0.2) is 0 Å². The molecule has 0 fully saturated rings. The zero-order valence-electron chi connectivity index (χ0n) is 10.8. The molecule has 8 heteroatoms. The molecule has 0 atom stereocenters. The lowest BCUT2D eigenvalue weighted by Crippen LogP contribution is -2.26. The van der Waals surface area contributed by atoms with E-state index in [2.05, 4.69) is 21.2 Å². The van der Waals surface area contributed by atoms with Crippen LogP contribution in [0.5, 0.6) is 0 Å². The van der Waals surface area contributed by atoms with Gasteiger partial charge in [-0.1, -0.05) is 6.07 Å². The zero-order valence-corrected chi connectivity index (χ0v) is 13.2. The van der Waals surface area contributed by atoms with Crippen LogP contribution in [0.15, 0.2) is 34.1 Å². The summed E-state index contributed by atoms with van der Waals surface area (Å²) in [6.07, 6.45) is 0.691. The van der Waals surface area contributed by atoms with Crippen molar-refractivity contribution in [3.63, 3.8) is 0 Å². The number of carbonyl (C=O) groups is 1. The van der Waals surface area contributed by atoms with Gasteiger partial charge in [0, 0.05) is 17.5 Å². The Morgan fingerprint density at radius 2 is 2.14 bits per heavy atom. The summed E-state index contributed by atoms with van der Waals surface area (Å²) >= 11 is 4.97. The minimum atomic E-state index is -0.602. The standard InChI is InChI=1S/C13H12BrN3O3S/c14-11-5-4-8(21-11)6-7-16-13(18)9-2-1-3-10(12(9)15)17(19)20/h1-5H,6-7,15H2,(H,16,18). The van der Waals surface area contributed by atoms with Crippen LogP contribution in [0.25, 0.3) is 0 Å². The molecular formula is C13H12BrN3O3S. The second-order valence-corrected chi connectivity index (χ2v) is 6.75. The van der Waals surface area contributed by atoms with Crippen LogP contribution < -0.4 is 11.1 Å². The number of nitrogens with one attached hydrogen (secondary N) is 1. The zero-order chi connectivity index (χ0) is 15.4. The van der Waals surface area contributed by atoms with Crippen molar-refractivity contribution in [3.05, 3.63) is 54.7 Å². The van der Waals surface area contributed by atoms with Crippen molar-refractivity contribution in [1.82, 2.24) is 5.32 Å². The number of carbonyl (C=O) groups excluding carboxylic acids is 1. The van der Waals surface area contributed by atoms with E-state index in [9.17, 15) is 14.9 Å². The van der Waals surface area contributed by atoms with E-state index in [1.807, 2.05) is 12.1 Å². The van der Waals surface area contributed by atoms with Crippen molar-refractivity contribution in [2.75, 3.05) is 12.3 Å². The number of hydrogen-bond acceptors (Lipinski definition) is 5. The van der Waals surface area contributed by atoms with Crippen molar-refractivity contribution in [2.24, 2.45) is 0 Å². The molecule has 1 amide bonds. The minimum Gasteiger partial charge on any atom is -0.393 e. The number of nitrogen functional groups attached to an aromatic ring is 1. The van der Waals surface area contributed by atoms with Crippen LogP contribution in [-0.4, -0.2) is 17.4 Å². The number of rotatable bonds is 5. The van der Waals surface area contributed by atoms with Gasteiger partial charge in [0.2, 0.25) is 0 Å². The third kappa shape index (κ3) is 3.79. The van der Waals surface area contributed by atoms with Gasteiger partial charge in [-0.3, -0.25) is 14.9 Å². The molecule has 3 N–H and O–H groups in total. The Kier molecular flexibility index (Phi) is 4.92. The molecule has 0 aliphatic carbocycles. The van der Waals surface area contributed by atoms with Crippen LogP contribution in [-0.2, 0) is 6.42 Å². The molecule has 2 aromatic rings. The van der Waals surface area contributed by atoms with Gasteiger partial charge in [-0.15, -0.1) is 11.3 Å². The van der Waals surface area contributed by atoms with Crippen molar-refractivity contribution in [1.29, 1.82) is 0 Å². The average Bonchev–Trinajstić information content (AvgIpc) is 2.84. The maximum Gasteiger partial charge on any atom is 0.292 e. The number of hydrogen-bond donors (Lipinski definition) is 2. The van der Waals surface area contributed by atoms with Gasteiger partial charge in [-0.2, -0.15) is 0 Å². The normalized spacial score (nSPS) is 10.3. The Balaban J connectivity index is 2.00. The first kappa shape index (κ1) is 15.5. The summed E-state index contributed by atoms with van der Waals surface area (Å²) < 4.78 is 1.03. The number of nitrogens with zero attached hydrogens (tertiary/aromatic N) is 1. The van der Waals surface area contributed by atoms with Crippen LogP contribution in [0.2, 0.25) is 0 Å². The fourth-order valence-electron chi connectivity index (χ4n) is 1.79. The van der Waals surface area contributed by atoms with Gasteiger partial charge >= 0.3 is 0 Å². The maximum absolute atomic E-state index is 12.0. The van der Waals surface area contributed by atoms with Gasteiger partial charge in [0.15, 0.2) is 0 Å². The number of amides is 1. The van der Waals surface area contributed by atoms with Crippen LogP contribution in [0.3, 0.4) is 0 Å². The molecule has 0 spiro atoms. The van der Waals surface area contributed by atoms with Gasteiger partial charge in [-0.05, 0) is 40.5 Å². The lowest BCUT2D eigenvalue weighted by molar-refractivity contribution is -0.383. The monoisotopic (exact) mass is 369 g/mol. The number of thiophene rings is 1. The third-order valence-electron chi connectivity index (χ3n) is 2.81. The molecule has 110 valence electrons. The lowest BCUT2D eigenvalue weighted by Gasteiger charge is -2.07. The van der Waals surface area contributed by atoms with Crippen LogP contribution in [0.4, 0.5) is 11.4 Å². The molecule has 1 heterocycles. The molecule has 0 saturated heterocycles. The Morgan fingerprint density at radius 3 is 2.76 bits per heavy atom. The first-order chi connectivity index (χ1) is 9.99. The van der Waals surface area contributed by atoms with Crippen LogP contribution in [0, 0.1) is 10.1 Å². The van der Waals surface area contributed by atoms with Crippen LogP contribution in [0.1, 0.15) is 15.2 Å². The second kappa shape index (κ2) is 6.68. The fraction of sp³-hybridized carbons (Fsp3) is 0.154. The first-order valence-corrected chi connectivity index (χ1v) is 7.65. The first-order valence-electron chi connectivity index (χ1n) is 6.04. The minimum absolute atomic E-state index is 0.112. The molecule has 0 aliphatic rings. The van der Waals surface area contributed by atoms with Gasteiger partial charge in [0.1, 0.15) is 5.69 Å². The smallest absolute Gasteiger partial charge is 0.292 e. The number of halogens is 1. The summed E-state index contributed by atoms with van der Waals surface area (Å²) in [6, 6.07) is 8.11. The lowest BCUT2D eigenvalue weighted by atomic mass is 10.1. The Hall–Kier alpha value is -1.93. The maximum atomic E-state index is 12.0. The topological polar surface area (TPSA) is 98.3 Å². The predicted octanol–water partition coefficient (Wildman–Crippen LogP) is 2.97. The number of anilines is 1. The molecule has 0 unspecified atom stereocenters. The molecule has 2 rings (SSSR count). The molecule has 21 heavy (non-hydrogen) atoms. The molecule has 0 bridgehead atoms. The summed E-state index contributed by atoms with van der Waals surface area (Å²) in [4.78, 5) is 23.3. The molecule has 0 aliphatic heterocycles. The highest BCUT2D eigenvalue weighted by Crippen LogP contribution is 2.25. The molecule has 1 aromatic carbocycles. The number of nitrogens with two attached hydrogens (primary N) is 1. The SMILES string of the molecule is Nc1c(C(=O)NCCc2ccc(Br)s2)cccc1[N+](=O)[O-]. The molecular weight excluding hydrogens is 358 g/mol. The predicted molar refractivity (Wildman–Crippen MR) is 85.6 cm³/mol. The van der Waals surface area contributed by atoms with E-state index in [4.69, 9.17) is 5.73 Å². The van der Waals surface area contributed by atoms with Crippen LogP contribution >= 0.6 is 27.3 Å². The summed E-state index contributed by atoms with van der Waals surface area (Å²) in [7, 11) is 0. The Bertz CT molecular complexity index is 687. The van der Waals surface area contributed by atoms with E-state index in [1.54, 1.807) is 11.3 Å². The van der Waals surface area contributed by atoms with Gasteiger partial charge in [0.05, 0.1) is 14.3 Å². The summed E-state index contributed by atoms with van der Waals surface area (Å²) in [5.41, 5.74) is 5.41. The molecule has 6 nitrogen and oxygen atoms in total. The highest BCUT2D eigenvalue weighted by atomic mass is 79.9. The van der Waals surface area contributed by atoms with E-state index < -0.39 is 10.8 Å². The van der Waals surface area contributed by atoms with Crippen molar-refractivity contribution in [3.8, 4) is 0 Å². The second-order valence-electron chi connectivity index (χ2n) is 4.21. The molecule has 0 saturated carbocycles. The van der Waals surface area contributed by atoms with Gasteiger partial charge in [0.25, 0.3) is 11.6 Å². The Morgan fingerprint density at radius 1 is 1.38 bits per heavy atom. The van der Waals surface area contributed by atoms with E-state index in [1.165, 1.54) is 18.2 Å². The Labute approximate surface area is 133 Å². The number of benzene rings is 1. The summed E-state index contributed by atoms with van der Waals surface area (Å²) in [5.74, 6) is -0.410. The fourth-order valence-corrected chi connectivity index (χ4v) is 3.27. The average molecular weight is 370 g/mol. The molecule has 0 radical (unpaired) electrons. The van der Waals surface area contributed by atoms with E-state index in [0.717, 1.165) is 8.66 Å². The largest absolute Gasteiger partial charge is 0.393 e. The number of nitro groups is 1. The van der Waals surface area contributed by atoms with Gasteiger partial charge < -0.3 is 11.1 Å². The van der Waals surface area contributed by atoms with Crippen molar-refractivity contribution < 1.29 is 9.72 Å². The molecule has 1 aromatic heterocycles. The van der Waals surface area contributed by atoms with E-state index in [0.29, 0.717) is 13.0 Å². The highest BCUT2D eigenvalue weighted by Gasteiger charge is 2.18. The van der Waals surface area contributed by atoms with E-state index in [-0.39, 0.29) is 16.9 Å². The third-order valence-corrected chi connectivity index (χ3v) is 4.49. The van der Waals surface area contributed by atoms with E-state index >= 15 is 0 Å².